The van der Waals surface area contributed by atoms with Gasteiger partial charge in [-0.2, -0.15) is 0 Å². The van der Waals surface area contributed by atoms with Gasteiger partial charge in [-0.25, -0.2) is 5.43 Å². The van der Waals surface area contributed by atoms with Crippen LogP contribution in [0.25, 0.3) is 0 Å². The molecule has 6 nitrogen and oxygen atoms in total. The predicted molar refractivity (Wildman–Crippen MR) is 87.2 cm³/mol. The van der Waals surface area contributed by atoms with Crippen LogP contribution in [0.4, 0.5) is 0 Å². The van der Waals surface area contributed by atoms with E-state index in [-0.39, 0.29) is 11.9 Å². The SMILES string of the molecule is O=C(C1CCNN1)N1C[C@H]2CCN(Cc3ccncc3)C[C@H]2C1. The number of carbonyl (C=O) groups is 1. The van der Waals surface area contributed by atoms with Crippen molar-refractivity contribution < 1.29 is 4.79 Å². The summed E-state index contributed by atoms with van der Waals surface area (Å²) >= 11 is 0. The van der Waals surface area contributed by atoms with E-state index in [1.165, 1.54) is 12.0 Å². The molecule has 3 aliphatic heterocycles. The van der Waals surface area contributed by atoms with Crippen molar-refractivity contribution in [3.63, 3.8) is 0 Å². The highest BCUT2D eigenvalue weighted by molar-refractivity contribution is 5.82. The minimum Gasteiger partial charge on any atom is -0.341 e. The predicted octanol–water partition coefficient (Wildman–Crippen LogP) is 0.228. The molecule has 1 amide bonds. The third-order valence-corrected chi connectivity index (χ3v) is 5.48. The number of likely N-dealkylation sites (tertiary alicyclic amines) is 2. The van der Waals surface area contributed by atoms with Crippen LogP contribution in [-0.2, 0) is 11.3 Å². The number of carbonyl (C=O) groups excluding carboxylic acids is 1. The molecule has 0 aliphatic carbocycles. The van der Waals surface area contributed by atoms with Crippen LogP contribution in [0.15, 0.2) is 24.5 Å². The molecule has 2 N–H and O–H groups in total. The van der Waals surface area contributed by atoms with Crippen molar-refractivity contribution in [3.05, 3.63) is 30.1 Å². The van der Waals surface area contributed by atoms with Gasteiger partial charge >= 0.3 is 0 Å². The molecule has 0 bridgehead atoms. The summed E-state index contributed by atoms with van der Waals surface area (Å²) in [5.74, 6) is 1.59. The zero-order valence-corrected chi connectivity index (χ0v) is 13.4. The highest BCUT2D eigenvalue weighted by atomic mass is 16.2. The van der Waals surface area contributed by atoms with Gasteiger partial charge in [0.25, 0.3) is 0 Å². The van der Waals surface area contributed by atoms with Crippen LogP contribution in [0.1, 0.15) is 18.4 Å². The van der Waals surface area contributed by atoms with Crippen molar-refractivity contribution in [3.8, 4) is 0 Å². The van der Waals surface area contributed by atoms with Gasteiger partial charge in [0, 0.05) is 45.1 Å². The van der Waals surface area contributed by atoms with Crippen LogP contribution < -0.4 is 10.9 Å². The number of aromatic nitrogens is 1. The summed E-state index contributed by atoms with van der Waals surface area (Å²) in [5, 5.41) is 0. The van der Waals surface area contributed by atoms with Crippen LogP contribution in [0.5, 0.6) is 0 Å². The van der Waals surface area contributed by atoms with E-state index in [0.717, 1.165) is 45.7 Å². The molecule has 3 fully saturated rings. The maximum atomic E-state index is 12.6. The number of hydrogen-bond acceptors (Lipinski definition) is 5. The first-order chi connectivity index (χ1) is 11.3. The van der Waals surface area contributed by atoms with Crippen LogP contribution in [0.3, 0.4) is 0 Å². The number of nitrogens with zero attached hydrogens (tertiary/aromatic N) is 3. The van der Waals surface area contributed by atoms with Gasteiger partial charge in [0.2, 0.25) is 5.91 Å². The minimum absolute atomic E-state index is 0.0249. The summed E-state index contributed by atoms with van der Waals surface area (Å²) < 4.78 is 0. The van der Waals surface area contributed by atoms with Crippen LogP contribution in [0, 0.1) is 11.8 Å². The number of hydrogen-bond donors (Lipinski definition) is 2. The average Bonchev–Trinajstić information content (AvgIpc) is 3.24. The molecule has 3 saturated heterocycles. The topological polar surface area (TPSA) is 60.5 Å². The van der Waals surface area contributed by atoms with Crippen LogP contribution in [-0.4, -0.2) is 59.5 Å². The smallest absolute Gasteiger partial charge is 0.241 e. The number of rotatable bonds is 3. The summed E-state index contributed by atoms with van der Waals surface area (Å²) in [6.45, 7) is 5.99. The molecule has 4 heterocycles. The fourth-order valence-corrected chi connectivity index (χ4v) is 4.20. The van der Waals surface area contributed by atoms with E-state index in [1.54, 1.807) is 0 Å². The maximum Gasteiger partial charge on any atom is 0.241 e. The molecule has 23 heavy (non-hydrogen) atoms. The second-order valence-corrected chi connectivity index (χ2v) is 7.06. The lowest BCUT2D eigenvalue weighted by molar-refractivity contribution is -0.132. The molecule has 0 saturated carbocycles. The molecule has 0 spiro atoms. The first-order valence-corrected chi connectivity index (χ1v) is 8.68. The number of nitrogens with one attached hydrogen (secondary N) is 2. The number of hydrazine groups is 1. The molecule has 1 aromatic rings. The molecule has 0 radical (unpaired) electrons. The van der Waals surface area contributed by atoms with Gasteiger partial charge in [-0.05, 0) is 48.9 Å². The lowest BCUT2D eigenvalue weighted by atomic mass is 9.88. The average molecular weight is 315 g/mol. The standard InChI is InChI=1S/C17H25N5O/c23-17(16-3-7-19-20-16)22-11-14-4-8-21(10-15(14)12-22)9-13-1-5-18-6-2-13/h1-2,5-6,14-16,19-20H,3-4,7-12H2/t14-,15+,16?/m1/s1. The van der Waals surface area contributed by atoms with Crippen molar-refractivity contribution >= 4 is 5.91 Å². The molecule has 124 valence electrons. The molecular weight excluding hydrogens is 290 g/mol. The highest BCUT2D eigenvalue weighted by Crippen LogP contribution is 2.32. The number of piperidine rings is 1. The van der Waals surface area contributed by atoms with Crippen LogP contribution in [0.2, 0.25) is 0 Å². The fourth-order valence-electron chi connectivity index (χ4n) is 4.20. The summed E-state index contributed by atoms with van der Waals surface area (Å²) in [4.78, 5) is 21.3. The number of amides is 1. The molecule has 3 atom stereocenters. The molecule has 0 aromatic carbocycles. The van der Waals surface area contributed by atoms with Crippen molar-refractivity contribution in [2.75, 3.05) is 32.7 Å². The van der Waals surface area contributed by atoms with Gasteiger partial charge in [-0.15, -0.1) is 0 Å². The van der Waals surface area contributed by atoms with Gasteiger partial charge in [-0.3, -0.25) is 20.1 Å². The molecule has 4 rings (SSSR count). The van der Waals surface area contributed by atoms with Gasteiger partial charge in [0.15, 0.2) is 0 Å². The summed E-state index contributed by atoms with van der Waals surface area (Å²) in [6.07, 6.45) is 5.83. The van der Waals surface area contributed by atoms with E-state index in [0.29, 0.717) is 11.8 Å². The second-order valence-electron chi connectivity index (χ2n) is 7.06. The Hall–Kier alpha value is -1.50. The van der Waals surface area contributed by atoms with E-state index >= 15 is 0 Å². The number of fused-ring (bicyclic) bond motifs is 1. The first-order valence-electron chi connectivity index (χ1n) is 8.68. The van der Waals surface area contributed by atoms with E-state index in [9.17, 15) is 4.79 Å². The lowest BCUT2D eigenvalue weighted by Gasteiger charge is -2.34. The van der Waals surface area contributed by atoms with Gasteiger partial charge < -0.3 is 4.90 Å². The molecular formula is C17H25N5O. The van der Waals surface area contributed by atoms with Gasteiger partial charge in [0.05, 0.1) is 0 Å². The van der Waals surface area contributed by atoms with Gasteiger partial charge in [0.1, 0.15) is 6.04 Å². The van der Waals surface area contributed by atoms with E-state index in [4.69, 9.17) is 0 Å². The maximum absolute atomic E-state index is 12.6. The monoisotopic (exact) mass is 315 g/mol. The highest BCUT2D eigenvalue weighted by Gasteiger charge is 2.40. The lowest BCUT2D eigenvalue weighted by Crippen LogP contribution is -2.45. The Kier molecular flexibility index (Phi) is 4.29. The Morgan fingerprint density at radius 3 is 2.78 bits per heavy atom. The van der Waals surface area contributed by atoms with E-state index in [2.05, 4.69) is 37.8 Å². The third-order valence-electron chi connectivity index (χ3n) is 5.48. The largest absolute Gasteiger partial charge is 0.341 e. The third kappa shape index (κ3) is 3.24. The molecule has 6 heteroatoms. The molecule has 1 aromatic heterocycles. The van der Waals surface area contributed by atoms with Crippen molar-refractivity contribution in [1.29, 1.82) is 0 Å². The van der Waals surface area contributed by atoms with E-state index < -0.39 is 0 Å². The Morgan fingerprint density at radius 1 is 1.17 bits per heavy atom. The van der Waals surface area contributed by atoms with Crippen molar-refractivity contribution in [1.82, 2.24) is 25.6 Å². The Morgan fingerprint density at radius 2 is 2.00 bits per heavy atom. The Balaban J connectivity index is 1.34. The Labute approximate surface area is 137 Å². The Bertz CT molecular complexity index is 545. The van der Waals surface area contributed by atoms with Crippen molar-refractivity contribution in [2.24, 2.45) is 11.8 Å². The zero-order valence-electron chi connectivity index (χ0n) is 13.4. The second kappa shape index (κ2) is 6.55. The molecule has 1 unspecified atom stereocenters. The quantitative estimate of drug-likeness (QED) is 0.836. The minimum atomic E-state index is -0.0249. The first kappa shape index (κ1) is 15.1. The van der Waals surface area contributed by atoms with Crippen molar-refractivity contribution in [2.45, 2.75) is 25.4 Å². The summed E-state index contributed by atoms with van der Waals surface area (Å²) in [7, 11) is 0. The van der Waals surface area contributed by atoms with E-state index in [1.807, 2.05) is 12.4 Å². The zero-order chi connectivity index (χ0) is 15.6. The summed E-state index contributed by atoms with van der Waals surface area (Å²) in [5.41, 5.74) is 7.49. The normalized spacial score (nSPS) is 31.3. The molecule has 3 aliphatic rings. The van der Waals surface area contributed by atoms with Crippen LogP contribution >= 0.6 is 0 Å². The summed E-state index contributed by atoms with van der Waals surface area (Å²) in [6, 6.07) is 4.16. The fraction of sp³-hybridized carbons (Fsp3) is 0.647. The van der Waals surface area contributed by atoms with Gasteiger partial charge in [-0.1, -0.05) is 0 Å². The number of pyridine rings is 1.